The van der Waals surface area contributed by atoms with Crippen molar-refractivity contribution in [3.8, 4) is 0 Å². The van der Waals surface area contributed by atoms with E-state index in [9.17, 15) is 4.79 Å². The summed E-state index contributed by atoms with van der Waals surface area (Å²) in [6.45, 7) is 2.29. The van der Waals surface area contributed by atoms with Crippen LogP contribution in [0.4, 0.5) is 0 Å². The molecule has 6 heteroatoms. The molecule has 1 N–H and O–H groups in total. The number of hydrogen-bond acceptors (Lipinski definition) is 6. The van der Waals surface area contributed by atoms with Crippen LogP contribution in [0.3, 0.4) is 0 Å². The van der Waals surface area contributed by atoms with Crippen molar-refractivity contribution in [2.75, 3.05) is 19.4 Å². The molecule has 0 amide bonds. The Morgan fingerprint density at radius 2 is 2.43 bits per heavy atom. The normalized spacial score (nSPS) is 25.0. The Morgan fingerprint density at radius 1 is 1.57 bits per heavy atom. The highest BCUT2D eigenvalue weighted by Crippen LogP contribution is 2.39. The standard InChI is InChI=1S/C15H23N3O2S/c1-3-20-14(19)15(16-2)7-4-5-12(15)6-10-21-13-11-17-8-9-18-13/h8-9,11-12,16H,3-7,10H2,1-2H3. The van der Waals surface area contributed by atoms with Gasteiger partial charge in [0.05, 0.1) is 12.8 Å². The molecule has 0 spiro atoms. The van der Waals surface area contributed by atoms with Gasteiger partial charge in [-0.1, -0.05) is 6.42 Å². The van der Waals surface area contributed by atoms with Crippen molar-refractivity contribution >= 4 is 17.7 Å². The van der Waals surface area contributed by atoms with Gasteiger partial charge in [-0.2, -0.15) is 0 Å². The summed E-state index contributed by atoms with van der Waals surface area (Å²) in [7, 11) is 1.87. The maximum atomic E-state index is 12.3. The van der Waals surface area contributed by atoms with Gasteiger partial charge in [-0.25, -0.2) is 4.98 Å². The number of nitrogens with zero attached hydrogens (tertiary/aromatic N) is 2. The van der Waals surface area contributed by atoms with Crippen LogP contribution in [0.2, 0.25) is 0 Å². The van der Waals surface area contributed by atoms with E-state index in [1.165, 1.54) is 0 Å². The summed E-state index contributed by atoms with van der Waals surface area (Å²) in [6.07, 6.45) is 9.13. The number of aromatic nitrogens is 2. The lowest BCUT2D eigenvalue weighted by Crippen LogP contribution is -2.54. The molecule has 0 aliphatic heterocycles. The van der Waals surface area contributed by atoms with Crippen molar-refractivity contribution in [1.29, 1.82) is 0 Å². The summed E-state index contributed by atoms with van der Waals surface area (Å²) in [6, 6.07) is 0. The van der Waals surface area contributed by atoms with Crippen molar-refractivity contribution in [2.45, 2.75) is 43.2 Å². The van der Waals surface area contributed by atoms with Gasteiger partial charge < -0.3 is 10.1 Å². The highest BCUT2D eigenvalue weighted by molar-refractivity contribution is 7.99. The monoisotopic (exact) mass is 309 g/mol. The number of hydrogen-bond donors (Lipinski definition) is 1. The molecule has 21 heavy (non-hydrogen) atoms. The Labute approximate surface area is 130 Å². The predicted octanol–water partition coefficient (Wildman–Crippen LogP) is 2.28. The Kier molecular flexibility index (Phi) is 5.99. The third-order valence-electron chi connectivity index (χ3n) is 4.16. The molecule has 1 aliphatic rings. The van der Waals surface area contributed by atoms with E-state index in [0.717, 1.165) is 36.5 Å². The van der Waals surface area contributed by atoms with Crippen molar-refractivity contribution in [3.63, 3.8) is 0 Å². The van der Waals surface area contributed by atoms with Crippen LogP contribution in [0.5, 0.6) is 0 Å². The van der Waals surface area contributed by atoms with Crippen LogP contribution in [0.25, 0.3) is 0 Å². The maximum Gasteiger partial charge on any atom is 0.326 e. The zero-order valence-electron chi connectivity index (χ0n) is 12.7. The molecule has 0 aromatic carbocycles. The second kappa shape index (κ2) is 7.75. The van der Waals surface area contributed by atoms with Gasteiger partial charge in [0.1, 0.15) is 10.6 Å². The summed E-state index contributed by atoms with van der Waals surface area (Å²) in [5, 5.41) is 4.18. The first kappa shape index (κ1) is 16.2. The molecule has 2 rings (SSSR count). The summed E-state index contributed by atoms with van der Waals surface area (Å²) in [5.41, 5.74) is -0.501. The number of nitrogens with one attached hydrogen (secondary N) is 1. The van der Waals surface area contributed by atoms with E-state index in [0.29, 0.717) is 12.5 Å². The smallest absolute Gasteiger partial charge is 0.326 e. The molecule has 0 radical (unpaired) electrons. The van der Waals surface area contributed by atoms with E-state index < -0.39 is 5.54 Å². The molecule has 2 atom stereocenters. The predicted molar refractivity (Wildman–Crippen MR) is 83.1 cm³/mol. The number of likely N-dealkylation sites (N-methyl/N-ethyl adjacent to an activating group) is 1. The lowest BCUT2D eigenvalue weighted by molar-refractivity contribution is -0.152. The van der Waals surface area contributed by atoms with Gasteiger partial charge in [-0.3, -0.25) is 9.78 Å². The average molecular weight is 309 g/mol. The molecule has 1 aliphatic carbocycles. The number of carbonyl (C=O) groups excluding carboxylic acids is 1. The molecule has 2 unspecified atom stereocenters. The van der Waals surface area contributed by atoms with E-state index in [1.54, 1.807) is 30.4 Å². The summed E-state index contributed by atoms with van der Waals surface area (Å²) >= 11 is 1.69. The molecule has 116 valence electrons. The molecular formula is C15H23N3O2S. The Morgan fingerprint density at radius 3 is 3.10 bits per heavy atom. The van der Waals surface area contributed by atoms with Crippen LogP contribution < -0.4 is 5.32 Å². The topological polar surface area (TPSA) is 64.1 Å². The van der Waals surface area contributed by atoms with Crippen LogP contribution in [0, 0.1) is 5.92 Å². The van der Waals surface area contributed by atoms with Gasteiger partial charge in [-0.05, 0) is 44.9 Å². The summed E-state index contributed by atoms with van der Waals surface area (Å²) < 4.78 is 5.28. The zero-order chi connectivity index (χ0) is 15.1. The van der Waals surface area contributed by atoms with Crippen LogP contribution in [0.15, 0.2) is 23.6 Å². The number of carbonyl (C=O) groups is 1. The van der Waals surface area contributed by atoms with Gasteiger partial charge in [0.15, 0.2) is 0 Å². The lowest BCUT2D eigenvalue weighted by Gasteiger charge is -2.32. The van der Waals surface area contributed by atoms with E-state index in [1.807, 2.05) is 14.0 Å². The first-order chi connectivity index (χ1) is 10.2. The summed E-state index contributed by atoms with van der Waals surface area (Å²) in [4.78, 5) is 20.6. The second-order valence-electron chi connectivity index (χ2n) is 5.21. The first-order valence-electron chi connectivity index (χ1n) is 7.48. The SMILES string of the molecule is CCOC(=O)C1(NC)CCCC1CCSc1cnccn1. The quantitative estimate of drug-likeness (QED) is 0.616. The average Bonchev–Trinajstić information content (AvgIpc) is 2.93. The van der Waals surface area contributed by atoms with Gasteiger partial charge in [0.25, 0.3) is 0 Å². The largest absolute Gasteiger partial charge is 0.465 e. The molecule has 1 fully saturated rings. The lowest BCUT2D eigenvalue weighted by atomic mass is 9.85. The van der Waals surface area contributed by atoms with Crippen molar-refractivity contribution in [1.82, 2.24) is 15.3 Å². The van der Waals surface area contributed by atoms with Gasteiger partial charge >= 0.3 is 5.97 Å². The van der Waals surface area contributed by atoms with Crippen molar-refractivity contribution in [3.05, 3.63) is 18.6 Å². The molecular weight excluding hydrogens is 286 g/mol. The molecule has 1 aromatic heterocycles. The van der Waals surface area contributed by atoms with Crippen LogP contribution in [-0.4, -0.2) is 40.9 Å². The fourth-order valence-electron chi connectivity index (χ4n) is 3.09. The number of rotatable bonds is 7. The molecule has 1 saturated carbocycles. The fraction of sp³-hybridized carbons (Fsp3) is 0.667. The molecule has 5 nitrogen and oxygen atoms in total. The minimum atomic E-state index is -0.501. The fourth-order valence-corrected chi connectivity index (χ4v) is 3.98. The Balaban J connectivity index is 1.93. The highest BCUT2D eigenvalue weighted by Gasteiger charge is 2.48. The van der Waals surface area contributed by atoms with Crippen LogP contribution >= 0.6 is 11.8 Å². The molecule has 1 aromatic rings. The highest BCUT2D eigenvalue weighted by atomic mass is 32.2. The van der Waals surface area contributed by atoms with E-state index in [2.05, 4.69) is 15.3 Å². The van der Waals surface area contributed by atoms with Gasteiger partial charge in [-0.15, -0.1) is 11.8 Å². The van der Waals surface area contributed by atoms with E-state index in [4.69, 9.17) is 4.74 Å². The molecule has 0 saturated heterocycles. The third-order valence-corrected chi connectivity index (χ3v) is 5.11. The summed E-state index contributed by atoms with van der Waals surface area (Å²) in [5.74, 6) is 1.16. The number of ether oxygens (including phenoxy) is 1. The van der Waals surface area contributed by atoms with Gasteiger partial charge in [0, 0.05) is 12.4 Å². The van der Waals surface area contributed by atoms with Crippen molar-refractivity contribution < 1.29 is 9.53 Å². The van der Waals surface area contributed by atoms with Gasteiger partial charge in [0.2, 0.25) is 0 Å². The van der Waals surface area contributed by atoms with E-state index >= 15 is 0 Å². The second-order valence-corrected chi connectivity index (χ2v) is 6.33. The van der Waals surface area contributed by atoms with Crippen LogP contribution in [0.1, 0.15) is 32.6 Å². The number of thioether (sulfide) groups is 1. The maximum absolute atomic E-state index is 12.3. The minimum absolute atomic E-state index is 0.0977. The number of esters is 1. The minimum Gasteiger partial charge on any atom is -0.465 e. The third kappa shape index (κ3) is 3.74. The molecule has 1 heterocycles. The molecule has 0 bridgehead atoms. The first-order valence-corrected chi connectivity index (χ1v) is 8.46. The van der Waals surface area contributed by atoms with Crippen molar-refractivity contribution in [2.24, 2.45) is 5.92 Å². The Hall–Kier alpha value is -1.14. The van der Waals surface area contributed by atoms with E-state index in [-0.39, 0.29) is 5.97 Å². The zero-order valence-corrected chi connectivity index (χ0v) is 13.5. The van der Waals surface area contributed by atoms with Crippen LogP contribution in [-0.2, 0) is 9.53 Å². The Bertz CT molecular complexity index is 457.